The molecule has 1 atom stereocenters. The van der Waals surface area contributed by atoms with Crippen molar-refractivity contribution in [1.82, 2.24) is 4.90 Å². The molecule has 1 aromatic carbocycles. The standard InChI is InChI=1S/C26H35BBrClN2O2.C3H6BrN/c1-4-20-21(5-6-23(29)25(20)28)22(15-17(2)3)19-9-13-31(14-10-19)24(32)16-18-7-11-27(12-8-18)26(30)33;1-3(4)2-5/h5-6,15,18H,4,7-14,16H2,1-3H3,(H2,30,33);2-3,5H,1H3. The van der Waals surface area contributed by atoms with Crippen LogP contribution in [0.5, 0.6) is 0 Å². The fraction of sp³-hybridized carbons (Fsp3) is 0.552. The van der Waals surface area contributed by atoms with E-state index in [1.807, 2.05) is 17.9 Å². The largest absolute Gasteiger partial charge is 0.378 e. The van der Waals surface area contributed by atoms with Gasteiger partial charge in [0.05, 0.1) is 5.02 Å². The normalized spacial score (nSPS) is 16.8. The Balaban J connectivity index is 0.000000926. The van der Waals surface area contributed by atoms with Crippen LogP contribution in [-0.4, -0.2) is 47.5 Å². The van der Waals surface area contributed by atoms with Gasteiger partial charge in [-0.3, -0.25) is 9.59 Å². The van der Waals surface area contributed by atoms with Gasteiger partial charge in [0.1, 0.15) is 0 Å². The molecule has 3 N–H and O–H groups in total. The zero-order chi connectivity index (χ0) is 28.4. The molecule has 1 aromatic rings. The third-order valence-electron chi connectivity index (χ3n) is 7.32. The molecule has 9 heteroatoms. The van der Waals surface area contributed by atoms with Crippen molar-refractivity contribution in [3.8, 4) is 0 Å². The summed E-state index contributed by atoms with van der Waals surface area (Å²) in [6, 6.07) is 4.10. The number of nitrogens with two attached hydrogens (primary N) is 1. The molecule has 0 spiro atoms. The van der Waals surface area contributed by atoms with Crippen LogP contribution in [0.15, 0.2) is 33.8 Å². The van der Waals surface area contributed by atoms with Gasteiger partial charge in [0.25, 0.3) is 6.71 Å². The van der Waals surface area contributed by atoms with Gasteiger partial charge in [-0.05, 0) is 84.6 Å². The van der Waals surface area contributed by atoms with Crippen molar-refractivity contribution in [3.63, 3.8) is 0 Å². The number of likely N-dealkylation sites (tertiary alicyclic amines) is 1. The lowest BCUT2D eigenvalue weighted by Crippen LogP contribution is -2.39. The molecule has 2 amide bonds. The molecule has 208 valence electrons. The third kappa shape index (κ3) is 9.67. The molecule has 2 heterocycles. The molecule has 2 aliphatic rings. The minimum Gasteiger partial charge on any atom is -0.378 e. The van der Waals surface area contributed by atoms with Crippen LogP contribution in [0.2, 0.25) is 17.7 Å². The first-order chi connectivity index (χ1) is 18.0. The average Bonchev–Trinajstić information content (AvgIpc) is 2.89. The van der Waals surface area contributed by atoms with E-state index in [9.17, 15) is 9.59 Å². The van der Waals surface area contributed by atoms with Gasteiger partial charge in [0, 0.05) is 35.0 Å². The molecule has 1 unspecified atom stereocenters. The van der Waals surface area contributed by atoms with Crippen molar-refractivity contribution in [2.75, 3.05) is 13.1 Å². The summed E-state index contributed by atoms with van der Waals surface area (Å²) in [6.07, 6.45) is 10.4. The number of halogens is 3. The number of nitrogens with one attached hydrogen (secondary N) is 1. The zero-order valence-corrected chi connectivity index (χ0v) is 27.0. The number of amides is 2. The topological polar surface area (TPSA) is 87.2 Å². The SMILES string of the molecule is CC(Br)C=N.CCc1c(C(C=C(C)C)=C2CCN(C(=O)CC3CCB(C(N)=O)CC3)CC2)ccc(Cl)c1Br. The number of carbonyl (C=O) groups excluding carboxylic acids is 2. The first-order valence-corrected chi connectivity index (χ1v) is 15.6. The number of benzene rings is 1. The second-order valence-electron chi connectivity index (χ2n) is 10.5. The quantitative estimate of drug-likeness (QED) is 0.174. The van der Waals surface area contributed by atoms with E-state index in [-0.39, 0.29) is 23.3 Å². The van der Waals surface area contributed by atoms with E-state index in [0.717, 1.165) is 67.3 Å². The molecule has 0 aromatic heterocycles. The van der Waals surface area contributed by atoms with Gasteiger partial charge >= 0.3 is 0 Å². The van der Waals surface area contributed by atoms with Gasteiger partial charge in [0.2, 0.25) is 5.91 Å². The van der Waals surface area contributed by atoms with E-state index in [0.29, 0.717) is 12.3 Å². The maximum absolute atomic E-state index is 13.0. The number of alkyl halides is 1. The summed E-state index contributed by atoms with van der Waals surface area (Å²) in [4.78, 5) is 26.6. The van der Waals surface area contributed by atoms with Crippen LogP contribution in [0.4, 0.5) is 4.79 Å². The lowest BCUT2D eigenvalue weighted by molar-refractivity contribution is -0.132. The van der Waals surface area contributed by atoms with Crippen LogP contribution in [0.1, 0.15) is 70.9 Å². The van der Waals surface area contributed by atoms with Crippen LogP contribution >= 0.6 is 43.5 Å². The summed E-state index contributed by atoms with van der Waals surface area (Å²) in [5.41, 5.74) is 11.9. The number of carbonyl (C=O) groups is 2. The Morgan fingerprint density at radius 2 is 1.82 bits per heavy atom. The van der Waals surface area contributed by atoms with Crippen molar-refractivity contribution >= 4 is 73.7 Å². The molecule has 2 aliphatic heterocycles. The lowest BCUT2D eigenvalue weighted by Gasteiger charge is -2.32. The Hall–Kier alpha value is -1.38. The van der Waals surface area contributed by atoms with Crippen molar-refractivity contribution in [1.29, 1.82) is 5.41 Å². The Morgan fingerprint density at radius 3 is 2.29 bits per heavy atom. The van der Waals surface area contributed by atoms with Gasteiger partial charge in [-0.1, -0.05) is 83.2 Å². The first kappa shape index (κ1) is 32.8. The predicted molar refractivity (Wildman–Crippen MR) is 170 cm³/mol. The highest BCUT2D eigenvalue weighted by Gasteiger charge is 2.31. The molecule has 38 heavy (non-hydrogen) atoms. The summed E-state index contributed by atoms with van der Waals surface area (Å²) in [6.45, 7) is 9.83. The highest BCUT2D eigenvalue weighted by Crippen LogP contribution is 2.37. The number of nitrogens with zero attached hydrogens (tertiary/aromatic N) is 1. The summed E-state index contributed by atoms with van der Waals surface area (Å²) < 4.78 is 0.975. The number of allylic oxidation sites excluding steroid dienone is 3. The van der Waals surface area contributed by atoms with Crippen LogP contribution in [0, 0.1) is 11.3 Å². The fourth-order valence-electron chi connectivity index (χ4n) is 5.17. The highest BCUT2D eigenvalue weighted by atomic mass is 79.9. The fourth-order valence-corrected chi connectivity index (χ4v) is 5.98. The number of rotatable bonds is 7. The summed E-state index contributed by atoms with van der Waals surface area (Å²) in [5, 5.41) is 7.22. The van der Waals surface area contributed by atoms with Crippen LogP contribution in [0.3, 0.4) is 0 Å². The van der Waals surface area contributed by atoms with E-state index >= 15 is 0 Å². The maximum atomic E-state index is 13.0. The van der Waals surface area contributed by atoms with Crippen molar-refractivity contribution in [2.24, 2.45) is 11.7 Å². The van der Waals surface area contributed by atoms with Crippen LogP contribution in [-0.2, 0) is 11.2 Å². The average molecular weight is 670 g/mol. The molecule has 0 bridgehead atoms. The molecule has 5 nitrogen and oxygen atoms in total. The Kier molecular flexibility index (Phi) is 13.8. The maximum Gasteiger partial charge on any atom is 0.251 e. The minimum absolute atomic E-state index is 0.00607. The summed E-state index contributed by atoms with van der Waals surface area (Å²) >= 11 is 13.2. The third-order valence-corrected chi connectivity index (χ3v) is 9.03. The molecule has 0 radical (unpaired) electrons. The zero-order valence-electron chi connectivity index (χ0n) is 23.1. The van der Waals surface area contributed by atoms with E-state index < -0.39 is 0 Å². The van der Waals surface area contributed by atoms with Crippen molar-refractivity contribution < 1.29 is 9.59 Å². The predicted octanol–water partition coefficient (Wildman–Crippen LogP) is 8.38. The van der Waals surface area contributed by atoms with Crippen molar-refractivity contribution in [3.05, 3.63) is 50.0 Å². The van der Waals surface area contributed by atoms with Gasteiger partial charge in [-0.15, -0.1) is 0 Å². The molecule has 3 rings (SSSR count). The van der Waals surface area contributed by atoms with E-state index in [1.165, 1.54) is 34.1 Å². The van der Waals surface area contributed by atoms with E-state index in [4.69, 9.17) is 22.7 Å². The lowest BCUT2D eigenvalue weighted by atomic mass is 9.40. The molecular weight excluding hydrogens is 628 g/mol. The molecule has 0 aliphatic carbocycles. The molecular formula is C29H41BBr2ClN3O2. The Morgan fingerprint density at radius 1 is 1.24 bits per heavy atom. The number of hydrogen-bond acceptors (Lipinski definition) is 3. The Bertz CT molecular complexity index is 1050. The first-order valence-electron chi connectivity index (χ1n) is 13.5. The molecule has 0 saturated carbocycles. The minimum atomic E-state index is -0.193. The molecule has 2 saturated heterocycles. The monoisotopic (exact) mass is 667 g/mol. The van der Waals surface area contributed by atoms with Crippen LogP contribution < -0.4 is 5.73 Å². The second-order valence-corrected chi connectivity index (χ2v) is 13.2. The van der Waals surface area contributed by atoms with Gasteiger partial charge in [-0.2, -0.15) is 0 Å². The smallest absolute Gasteiger partial charge is 0.251 e. The number of primary amides is 1. The number of hydrogen-bond donors (Lipinski definition) is 2. The van der Waals surface area contributed by atoms with Crippen molar-refractivity contribution in [2.45, 2.75) is 83.7 Å². The number of piperidine rings is 1. The Labute approximate surface area is 250 Å². The summed E-state index contributed by atoms with van der Waals surface area (Å²) in [5.74, 6) is 0.440. The van der Waals surface area contributed by atoms with Gasteiger partial charge in [-0.25, -0.2) is 0 Å². The second kappa shape index (κ2) is 16.0. The highest BCUT2D eigenvalue weighted by molar-refractivity contribution is 9.10. The summed E-state index contributed by atoms with van der Waals surface area (Å²) in [7, 11) is 0. The van der Waals surface area contributed by atoms with Gasteiger partial charge in [0.15, 0.2) is 5.81 Å². The van der Waals surface area contributed by atoms with E-state index in [1.54, 1.807) is 0 Å². The van der Waals surface area contributed by atoms with Crippen LogP contribution in [0.25, 0.3) is 5.57 Å². The van der Waals surface area contributed by atoms with Gasteiger partial charge < -0.3 is 16.0 Å². The molecule has 2 fully saturated rings. The van der Waals surface area contributed by atoms with E-state index in [2.05, 4.69) is 64.8 Å².